The third kappa shape index (κ3) is 4.75. The highest BCUT2D eigenvalue weighted by atomic mass is 32.2. The van der Waals surface area contributed by atoms with Crippen LogP contribution in [0, 0.1) is 0 Å². The van der Waals surface area contributed by atoms with Crippen molar-refractivity contribution < 1.29 is 24.0 Å². The number of nitrogens with one attached hydrogen (secondary N) is 1. The molecule has 27 heavy (non-hydrogen) atoms. The number of phosphoric acid groups is 1. The number of aliphatic hydroxyl groups excluding tert-OH is 1. The van der Waals surface area contributed by atoms with Gasteiger partial charge in [0.25, 0.3) is 5.56 Å². The fourth-order valence-electron chi connectivity index (χ4n) is 2.56. The number of fused-ring (bicyclic) bond motifs is 1. The summed E-state index contributed by atoms with van der Waals surface area (Å²) in [6.45, 7) is -0.300. The maximum atomic E-state index is 12.2. The molecule has 0 bridgehead atoms. The molecule has 3 atom stereocenters. The lowest BCUT2D eigenvalue weighted by Crippen LogP contribution is -2.22. The number of nitrogens with zero attached hydrogens (tertiary/aromatic N) is 5. The summed E-state index contributed by atoms with van der Waals surface area (Å²) in [4.78, 5) is 46.5. The Morgan fingerprint density at radius 1 is 1.56 bits per heavy atom. The van der Waals surface area contributed by atoms with Crippen molar-refractivity contribution >= 4 is 43.0 Å². The van der Waals surface area contributed by atoms with Crippen molar-refractivity contribution in [3.05, 3.63) is 16.7 Å². The molecule has 0 spiro atoms. The molecule has 0 radical (unpaired) electrons. The largest absolute Gasteiger partial charge is 0.469 e. The summed E-state index contributed by atoms with van der Waals surface area (Å²) in [6.07, 6.45) is 2.39. The molecule has 14 heteroatoms. The molecule has 0 aromatic carbocycles. The molecule has 1 aliphatic heterocycles. The molecule has 4 N–H and O–H groups in total. The topological polar surface area (TPSA) is 166 Å². The van der Waals surface area contributed by atoms with E-state index in [4.69, 9.17) is 9.79 Å². The van der Waals surface area contributed by atoms with Crippen molar-refractivity contribution in [2.45, 2.75) is 23.1 Å². The second-order valence-corrected chi connectivity index (χ2v) is 8.80. The number of H-pyrrole nitrogens is 1. The zero-order valence-corrected chi connectivity index (χ0v) is 16.2. The fraction of sp³-hybridized carbons (Fsp3) is 0.538. The maximum absolute atomic E-state index is 12.2. The third-order valence-electron chi connectivity index (χ3n) is 3.75. The predicted molar refractivity (Wildman–Crippen MR) is 99.0 cm³/mol. The molecule has 3 heterocycles. The Morgan fingerprint density at radius 2 is 2.30 bits per heavy atom. The van der Waals surface area contributed by atoms with Crippen LogP contribution in [0.3, 0.4) is 0 Å². The number of thioether (sulfide) groups is 1. The zero-order chi connectivity index (χ0) is 19.8. The molecule has 1 fully saturated rings. The highest BCUT2D eigenvalue weighted by molar-refractivity contribution is 8.00. The monoisotopic (exact) mass is 418 g/mol. The van der Waals surface area contributed by atoms with Gasteiger partial charge in [-0.25, -0.2) is 14.5 Å². The average Bonchev–Trinajstić information content (AvgIpc) is 3.14. The maximum Gasteiger partial charge on any atom is 0.469 e. The van der Waals surface area contributed by atoms with E-state index in [0.717, 1.165) is 0 Å². The minimum absolute atomic E-state index is 0.118. The molecule has 2 aromatic heterocycles. The molecule has 0 amide bonds. The van der Waals surface area contributed by atoms with Crippen LogP contribution < -0.4 is 5.56 Å². The molecule has 3 rings (SSSR count). The summed E-state index contributed by atoms with van der Waals surface area (Å²) in [6, 6.07) is 0. The Labute approximate surface area is 157 Å². The quantitative estimate of drug-likeness (QED) is 0.281. The van der Waals surface area contributed by atoms with Gasteiger partial charge < -0.3 is 24.4 Å². The molecule has 0 aliphatic carbocycles. The first-order valence-electron chi connectivity index (χ1n) is 7.85. The van der Waals surface area contributed by atoms with Gasteiger partial charge in [0, 0.05) is 20.5 Å². The molecular formula is C13H19N6O6PS. The number of aromatic nitrogens is 4. The number of aromatic amines is 1. The van der Waals surface area contributed by atoms with Crippen LogP contribution in [-0.2, 0) is 9.09 Å². The number of rotatable bonds is 6. The van der Waals surface area contributed by atoms with Gasteiger partial charge in [-0.3, -0.25) is 14.3 Å². The molecule has 0 unspecified atom stereocenters. The van der Waals surface area contributed by atoms with Crippen LogP contribution >= 0.6 is 19.6 Å². The smallest absolute Gasteiger partial charge is 0.392 e. The van der Waals surface area contributed by atoms with Crippen LogP contribution in [-0.4, -0.2) is 77.7 Å². The van der Waals surface area contributed by atoms with Gasteiger partial charge in [0.2, 0.25) is 5.95 Å². The Hall–Kier alpha value is -1.76. The second kappa shape index (κ2) is 7.70. The van der Waals surface area contributed by atoms with E-state index >= 15 is 0 Å². The molecule has 12 nitrogen and oxygen atoms in total. The Balaban J connectivity index is 1.86. The molecular weight excluding hydrogens is 399 g/mol. The van der Waals surface area contributed by atoms with Gasteiger partial charge in [-0.15, -0.1) is 11.8 Å². The van der Waals surface area contributed by atoms with E-state index in [0.29, 0.717) is 5.65 Å². The first-order valence-corrected chi connectivity index (χ1v) is 10.3. The van der Waals surface area contributed by atoms with E-state index in [9.17, 15) is 14.5 Å². The third-order valence-corrected chi connectivity index (χ3v) is 5.77. The molecule has 2 aromatic rings. The van der Waals surface area contributed by atoms with Crippen LogP contribution in [0.5, 0.6) is 0 Å². The van der Waals surface area contributed by atoms with Crippen molar-refractivity contribution in [1.82, 2.24) is 24.4 Å². The van der Waals surface area contributed by atoms with Crippen molar-refractivity contribution in [3.8, 4) is 0 Å². The summed E-state index contributed by atoms with van der Waals surface area (Å²) in [5, 5.41) is 9.32. The van der Waals surface area contributed by atoms with E-state index in [2.05, 4.69) is 24.5 Å². The van der Waals surface area contributed by atoms with Gasteiger partial charge in [0.15, 0.2) is 11.2 Å². The number of imidazole rings is 1. The highest BCUT2D eigenvalue weighted by Gasteiger charge is 2.37. The number of hydrogen-bond acceptors (Lipinski definition) is 8. The lowest BCUT2D eigenvalue weighted by atomic mass is 10.2. The summed E-state index contributed by atoms with van der Waals surface area (Å²) >= 11 is 1.27. The molecule has 0 saturated carbocycles. The van der Waals surface area contributed by atoms with Crippen LogP contribution in [0.4, 0.5) is 5.95 Å². The average molecular weight is 418 g/mol. The highest BCUT2D eigenvalue weighted by Crippen LogP contribution is 2.45. The van der Waals surface area contributed by atoms with Gasteiger partial charge in [-0.2, -0.15) is 4.98 Å². The fourth-order valence-corrected chi connectivity index (χ4v) is 4.45. The van der Waals surface area contributed by atoms with Crippen molar-refractivity contribution in [3.63, 3.8) is 0 Å². The van der Waals surface area contributed by atoms with Gasteiger partial charge in [-0.1, -0.05) is 0 Å². The number of aliphatic imine (C=N–C) groups is 1. The van der Waals surface area contributed by atoms with E-state index in [1.165, 1.54) is 24.4 Å². The summed E-state index contributed by atoms with van der Waals surface area (Å²) in [5.74, 6) is 0.118. The Morgan fingerprint density at radius 3 is 2.96 bits per heavy atom. The first kappa shape index (κ1) is 20.0. The number of phosphoric ester groups is 1. The number of hydrogen-bond donors (Lipinski definition) is 4. The van der Waals surface area contributed by atoms with Crippen molar-refractivity contribution in [2.75, 3.05) is 20.7 Å². The van der Waals surface area contributed by atoms with Gasteiger partial charge in [-0.05, 0) is 0 Å². The van der Waals surface area contributed by atoms with Crippen LogP contribution in [0.25, 0.3) is 11.2 Å². The summed E-state index contributed by atoms with van der Waals surface area (Å²) in [7, 11) is -1.06. The van der Waals surface area contributed by atoms with Crippen LogP contribution in [0.1, 0.15) is 11.8 Å². The van der Waals surface area contributed by atoms with Gasteiger partial charge >= 0.3 is 7.82 Å². The summed E-state index contributed by atoms with van der Waals surface area (Å²) < 4.78 is 17.0. The van der Waals surface area contributed by atoms with Gasteiger partial charge in [0.05, 0.1) is 36.0 Å². The molecule has 1 aliphatic rings. The summed E-state index contributed by atoms with van der Waals surface area (Å²) in [5.41, 5.74) is 0.0179. The minimum Gasteiger partial charge on any atom is -0.392 e. The van der Waals surface area contributed by atoms with Gasteiger partial charge in [0.1, 0.15) is 0 Å². The standard InChI is InChI=1S/C13H19N6O6PS/c1-18(2)5-15-13-16-11-10(12(21)17-13)14-6-19(11)9-3-7(20)8(27-9)4-25-26(22,23)24/h5-9,20H,3-4H2,1-2H3,(H,16,17,21)(H2,22,23,24)/b15-5+/t7-,8+,9+/m0/s1. The van der Waals surface area contributed by atoms with E-state index < -0.39 is 24.7 Å². The number of aliphatic hydroxyl groups is 1. The predicted octanol–water partition coefficient (Wildman–Crippen LogP) is -0.185. The normalized spacial score (nSPS) is 23.5. The first-order chi connectivity index (χ1) is 12.6. The van der Waals surface area contributed by atoms with E-state index in [1.54, 1.807) is 23.6 Å². The van der Waals surface area contributed by atoms with Crippen LogP contribution in [0.2, 0.25) is 0 Å². The van der Waals surface area contributed by atoms with Crippen LogP contribution in [0.15, 0.2) is 16.1 Å². The van der Waals surface area contributed by atoms with Crippen molar-refractivity contribution in [1.29, 1.82) is 0 Å². The zero-order valence-electron chi connectivity index (χ0n) is 14.5. The molecule has 148 valence electrons. The van der Waals surface area contributed by atoms with E-state index in [-0.39, 0.29) is 29.9 Å². The van der Waals surface area contributed by atoms with Crippen molar-refractivity contribution in [2.24, 2.45) is 4.99 Å². The Kier molecular flexibility index (Phi) is 5.70. The second-order valence-electron chi connectivity index (χ2n) is 6.14. The SMILES string of the molecule is CN(C)/C=N/c1nc2c(ncn2[C@H]2C[C@H](O)[C@@H](COP(=O)(O)O)S2)c(=O)[nH]1. The lowest BCUT2D eigenvalue weighted by molar-refractivity contribution is 0.128. The molecule has 1 saturated heterocycles. The Bertz CT molecular complexity index is 954. The minimum atomic E-state index is -4.61. The van der Waals surface area contributed by atoms with E-state index in [1.807, 2.05) is 0 Å². The lowest BCUT2D eigenvalue weighted by Gasteiger charge is -2.14.